The van der Waals surface area contributed by atoms with Gasteiger partial charge >= 0.3 is 0 Å². The van der Waals surface area contributed by atoms with E-state index in [-0.39, 0.29) is 16.5 Å². The molecule has 0 unspecified atom stereocenters. The van der Waals surface area contributed by atoms with Gasteiger partial charge < -0.3 is 4.84 Å². The Labute approximate surface area is 136 Å². The Hall–Kier alpha value is -2.19. The average Bonchev–Trinajstić information content (AvgIpc) is 2.88. The molecule has 0 saturated carbocycles. The van der Waals surface area contributed by atoms with E-state index < -0.39 is 15.7 Å². The highest BCUT2D eigenvalue weighted by Crippen LogP contribution is 2.19. The van der Waals surface area contributed by atoms with Gasteiger partial charge in [-0.3, -0.25) is 0 Å². The topological polar surface area (TPSA) is 74.1 Å². The normalized spacial score (nSPS) is 11.8. The molecule has 3 rings (SSSR count). The second-order valence-electron chi connectivity index (χ2n) is 4.89. The molecule has 0 aliphatic heterocycles. The van der Waals surface area contributed by atoms with Crippen molar-refractivity contribution in [1.82, 2.24) is 15.2 Å². The third-order valence-corrected chi connectivity index (χ3v) is 4.63. The molecule has 23 heavy (non-hydrogen) atoms. The van der Waals surface area contributed by atoms with Crippen molar-refractivity contribution >= 4 is 32.5 Å². The number of sulfone groups is 1. The molecule has 0 radical (unpaired) electrons. The molecule has 0 amide bonds. The van der Waals surface area contributed by atoms with Crippen LogP contribution in [0.15, 0.2) is 41.3 Å². The van der Waals surface area contributed by atoms with Crippen LogP contribution in [0.1, 0.15) is 5.56 Å². The largest absolute Gasteiger partial charge is 0.390 e. The molecule has 0 N–H and O–H groups in total. The number of benzene rings is 2. The minimum Gasteiger partial charge on any atom is -0.390 e. The van der Waals surface area contributed by atoms with Gasteiger partial charge in [-0.25, -0.2) is 12.8 Å². The minimum atomic E-state index is -3.35. The van der Waals surface area contributed by atoms with Crippen LogP contribution in [-0.2, 0) is 16.4 Å². The predicted octanol–water partition coefficient (Wildman–Crippen LogP) is 2.26. The molecular weight excluding hydrogens is 345 g/mol. The summed E-state index contributed by atoms with van der Waals surface area (Å²) in [5.41, 5.74) is 1.46. The number of aromatic nitrogens is 3. The molecule has 0 atom stereocenters. The van der Waals surface area contributed by atoms with E-state index in [2.05, 4.69) is 10.3 Å². The van der Waals surface area contributed by atoms with E-state index in [4.69, 9.17) is 16.4 Å². The lowest BCUT2D eigenvalue weighted by molar-refractivity contribution is 0.0751. The lowest BCUT2D eigenvalue weighted by Crippen LogP contribution is -2.13. The Morgan fingerprint density at radius 1 is 1.26 bits per heavy atom. The molecule has 9 heteroatoms. The number of hydrogen-bond donors (Lipinski definition) is 0. The maximum absolute atomic E-state index is 13.0. The van der Waals surface area contributed by atoms with Crippen molar-refractivity contribution < 1.29 is 17.6 Å². The van der Waals surface area contributed by atoms with Crippen LogP contribution >= 0.6 is 11.6 Å². The molecule has 120 valence electrons. The molecule has 0 spiro atoms. The molecule has 1 aromatic heterocycles. The summed E-state index contributed by atoms with van der Waals surface area (Å²) >= 11 is 5.93. The molecule has 3 aromatic rings. The van der Waals surface area contributed by atoms with Crippen molar-refractivity contribution in [2.24, 2.45) is 0 Å². The summed E-state index contributed by atoms with van der Waals surface area (Å²) in [4.78, 5) is 6.73. The first-order chi connectivity index (χ1) is 10.8. The van der Waals surface area contributed by atoms with Gasteiger partial charge in [0, 0.05) is 11.8 Å². The van der Waals surface area contributed by atoms with Gasteiger partial charge in [0.15, 0.2) is 9.84 Å². The van der Waals surface area contributed by atoms with E-state index in [1.54, 1.807) is 6.07 Å². The van der Waals surface area contributed by atoms with Crippen LogP contribution in [0.3, 0.4) is 0 Å². The van der Waals surface area contributed by atoms with E-state index in [0.29, 0.717) is 16.6 Å². The number of rotatable bonds is 4. The molecule has 0 aliphatic rings. The zero-order valence-electron chi connectivity index (χ0n) is 11.9. The summed E-state index contributed by atoms with van der Waals surface area (Å²) in [5, 5.41) is 7.93. The lowest BCUT2D eigenvalue weighted by atomic mass is 10.2. The van der Waals surface area contributed by atoms with Crippen LogP contribution in [0.4, 0.5) is 4.39 Å². The van der Waals surface area contributed by atoms with Crippen molar-refractivity contribution in [3.8, 4) is 0 Å². The Morgan fingerprint density at radius 3 is 2.74 bits per heavy atom. The second-order valence-corrected chi connectivity index (χ2v) is 7.32. The summed E-state index contributed by atoms with van der Waals surface area (Å²) in [5.74, 6) is -0.442. The standard InChI is InChI=1S/C14H11ClFN3O3S/c1-23(20,21)11-4-5-13-14(7-11)19(18-17-13)22-8-9-2-3-10(16)6-12(9)15/h2-7H,8H2,1H3. The van der Waals surface area contributed by atoms with Gasteiger partial charge in [0.2, 0.25) is 0 Å². The Balaban J connectivity index is 1.91. The van der Waals surface area contributed by atoms with Crippen LogP contribution in [0, 0.1) is 5.82 Å². The van der Waals surface area contributed by atoms with Crippen LogP contribution in [0.25, 0.3) is 11.0 Å². The molecule has 6 nitrogen and oxygen atoms in total. The number of halogens is 2. The lowest BCUT2D eigenvalue weighted by Gasteiger charge is -2.07. The average molecular weight is 356 g/mol. The van der Waals surface area contributed by atoms with Crippen molar-refractivity contribution in [2.45, 2.75) is 11.5 Å². The second kappa shape index (κ2) is 5.78. The zero-order valence-corrected chi connectivity index (χ0v) is 13.5. The fourth-order valence-corrected chi connectivity index (χ4v) is 2.84. The van der Waals surface area contributed by atoms with E-state index in [1.807, 2.05) is 0 Å². The molecule has 1 heterocycles. The van der Waals surface area contributed by atoms with Crippen LogP contribution in [0.2, 0.25) is 5.02 Å². The van der Waals surface area contributed by atoms with Crippen molar-refractivity contribution in [1.29, 1.82) is 0 Å². The zero-order chi connectivity index (χ0) is 16.6. The monoisotopic (exact) mass is 355 g/mol. The maximum Gasteiger partial charge on any atom is 0.175 e. The maximum atomic E-state index is 13.0. The van der Waals surface area contributed by atoms with E-state index in [1.165, 1.54) is 30.3 Å². The first kappa shape index (κ1) is 15.7. The van der Waals surface area contributed by atoms with Crippen molar-refractivity contribution in [3.63, 3.8) is 0 Å². The molecular formula is C14H11ClFN3O3S. The van der Waals surface area contributed by atoms with Gasteiger partial charge in [-0.2, -0.15) is 0 Å². The summed E-state index contributed by atoms with van der Waals surface area (Å²) < 4.78 is 36.3. The summed E-state index contributed by atoms with van der Waals surface area (Å²) in [6.07, 6.45) is 1.11. The van der Waals surface area contributed by atoms with Gasteiger partial charge in [0.1, 0.15) is 23.5 Å². The molecule has 0 saturated heterocycles. The summed E-state index contributed by atoms with van der Waals surface area (Å²) in [7, 11) is -3.35. The predicted molar refractivity (Wildman–Crippen MR) is 82.3 cm³/mol. The highest BCUT2D eigenvalue weighted by Gasteiger charge is 2.13. The molecule has 0 aliphatic carbocycles. The Morgan fingerprint density at radius 2 is 2.04 bits per heavy atom. The third kappa shape index (κ3) is 3.27. The van der Waals surface area contributed by atoms with Crippen LogP contribution < -0.4 is 4.84 Å². The first-order valence-electron chi connectivity index (χ1n) is 6.47. The van der Waals surface area contributed by atoms with Gasteiger partial charge in [0.05, 0.1) is 9.92 Å². The van der Waals surface area contributed by atoms with E-state index >= 15 is 0 Å². The van der Waals surface area contributed by atoms with E-state index in [0.717, 1.165) is 11.1 Å². The highest BCUT2D eigenvalue weighted by molar-refractivity contribution is 7.90. The number of fused-ring (bicyclic) bond motifs is 1. The summed E-state index contributed by atoms with van der Waals surface area (Å²) in [6, 6.07) is 8.37. The molecule has 2 aromatic carbocycles. The van der Waals surface area contributed by atoms with E-state index in [9.17, 15) is 12.8 Å². The molecule has 0 fully saturated rings. The first-order valence-corrected chi connectivity index (χ1v) is 8.74. The van der Waals surface area contributed by atoms with Gasteiger partial charge in [-0.15, -0.1) is 5.10 Å². The SMILES string of the molecule is CS(=O)(=O)c1ccc2nnn(OCc3ccc(F)cc3Cl)c2c1. The number of nitrogens with zero attached hydrogens (tertiary/aromatic N) is 3. The van der Waals surface area contributed by atoms with Gasteiger partial charge in [-0.05, 0) is 35.5 Å². The van der Waals surface area contributed by atoms with Crippen molar-refractivity contribution in [2.75, 3.05) is 6.26 Å². The summed E-state index contributed by atoms with van der Waals surface area (Å²) in [6.45, 7) is 0.0284. The Kier molecular flexibility index (Phi) is 3.95. The fraction of sp³-hybridized carbons (Fsp3) is 0.143. The van der Waals surface area contributed by atoms with Crippen LogP contribution in [-0.4, -0.2) is 29.8 Å². The third-order valence-electron chi connectivity index (χ3n) is 3.17. The molecule has 0 bridgehead atoms. The van der Waals surface area contributed by atoms with Gasteiger partial charge in [0.25, 0.3) is 0 Å². The highest BCUT2D eigenvalue weighted by atomic mass is 35.5. The smallest absolute Gasteiger partial charge is 0.175 e. The quantitative estimate of drug-likeness (QED) is 0.717. The number of hydrogen-bond acceptors (Lipinski definition) is 5. The van der Waals surface area contributed by atoms with Crippen LogP contribution in [0.5, 0.6) is 0 Å². The Bertz CT molecular complexity index is 988. The minimum absolute atomic E-state index is 0.0284. The fourth-order valence-electron chi connectivity index (χ4n) is 1.97. The van der Waals surface area contributed by atoms with Crippen molar-refractivity contribution in [3.05, 3.63) is 52.8 Å². The van der Waals surface area contributed by atoms with Gasteiger partial charge in [-0.1, -0.05) is 22.5 Å².